The van der Waals surface area contributed by atoms with Gasteiger partial charge in [-0.3, -0.25) is 0 Å². The third kappa shape index (κ3) is 8.55. The summed E-state index contributed by atoms with van der Waals surface area (Å²) in [6.07, 6.45) is 5.40. The summed E-state index contributed by atoms with van der Waals surface area (Å²) in [5, 5.41) is 3.59. The molecule has 0 unspecified atom stereocenters. The largest absolute Gasteiger partial charge is 0.314 e. The standard InChI is InChI=1S/C13H29N/c1-6-14-13(9-7-11(2)3)10-8-12(4)5/h11-14H,6-10H2,1-5H3. The second-order valence-corrected chi connectivity index (χ2v) is 5.20. The number of nitrogens with one attached hydrogen (secondary N) is 1. The first-order valence-corrected chi connectivity index (χ1v) is 6.29. The average molecular weight is 199 g/mol. The maximum Gasteiger partial charge on any atom is 0.00671 e. The van der Waals surface area contributed by atoms with Crippen LogP contribution >= 0.6 is 0 Å². The molecular formula is C13H29N. The van der Waals surface area contributed by atoms with Crippen molar-refractivity contribution in [3.05, 3.63) is 0 Å². The van der Waals surface area contributed by atoms with E-state index in [1.54, 1.807) is 0 Å². The average Bonchev–Trinajstić information content (AvgIpc) is 2.09. The third-order valence-corrected chi connectivity index (χ3v) is 2.68. The van der Waals surface area contributed by atoms with Gasteiger partial charge >= 0.3 is 0 Å². The van der Waals surface area contributed by atoms with Crippen LogP contribution in [0.2, 0.25) is 0 Å². The summed E-state index contributed by atoms with van der Waals surface area (Å²) >= 11 is 0. The first-order chi connectivity index (χ1) is 6.56. The van der Waals surface area contributed by atoms with Gasteiger partial charge in [0.15, 0.2) is 0 Å². The van der Waals surface area contributed by atoms with E-state index in [1.165, 1.54) is 25.7 Å². The minimum atomic E-state index is 0.754. The van der Waals surface area contributed by atoms with E-state index in [4.69, 9.17) is 0 Å². The summed E-state index contributed by atoms with van der Waals surface area (Å²) in [5.41, 5.74) is 0. The van der Waals surface area contributed by atoms with Gasteiger partial charge in [0.25, 0.3) is 0 Å². The van der Waals surface area contributed by atoms with Crippen LogP contribution in [0, 0.1) is 11.8 Å². The van der Waals surface area contributed by atoms with E-state index in [-0.39, 0.29) is 0 Å². The summed E-state index contributed by atoms with van der Waals surface area (Å²) in [6, 6.07) is 0.754. The predicted octanol–water partition coefficient (Wildman–Crippen LogP) is 3.84. The Labute approximate surface area is 90.7 Å². The molecule has 1 heteroatoms. The molecule has 1 nitrogen and oxygen atoms in total. The molecule has 0 atom stereocenters. The lowest BCUT2D eigenvalue weighted by Crippen LogP contribution is -2.29. The molecule has 0 aliphatic carbocycles. The fourth-order valence-electron chi connectivity index (χ4n) is 1.71. The molecule has 14 heavy (non-hydrogen) atoms. The van der Waals surface area contributed by atoms with Crippen molar-refractivity contribution in [1.82, 2.24) is 5.32 Å². The Balaban J connectivity index is 3.65. The van der Waals surface area contributed by atoms with E-state index in [0.29, 0.717) is 0 Å². The van der Waals surface area contributed by atoms with Gasteiger partial charge in [0.1, 0.15) is 0 Å². The van der Waals surface area contributed by atoms with Crippen molar-refractivity contribution in [3.63, 3.8) is 0 Å². The lowest BCUT2D eigenvalue weighted by Gasteiger charge is -2.19. The highest BCUT2D eigenvalue weighted by molar-refractivity contribution is 4.67. The molecule has 0 bridgehead atoms. The van der Waals surface area contributed by atoms with Gasteiger partial charge in [0.2, 0.25) is 0 Å². The van der Waals surface area contributed by atoms with Crippen molar-refractivity contribution < 1.29 is 0 Å². The Morgan fingerprint density at radius 3 is 1.50 bits per heavy atom. The molecule has 0 heterocycles. The van der Waals surface area contributed by atoms with Crippen LogP contribution in [-0.4, -0.2) is 12.6 Å². The van der Waals surface area contributed by atoms with E-state index >= 15 is 0 Å². The molecule has 1 N–H and O–H groups in total. The molecule has 0 amide bonds. The lowest BCUT2D eigenvalue weighted by molar-refractivity contribution is 0.387. The van der Waals surface area contributed by atoms with Crippen LogP contribution in [0.15, 0.2) is 0 Å². The maximum absolute atomic E-state index is 3.59. The fourth-order valence-corrected chi connectivity index (χ4v) is 1.71. The molecule has 0 fully saturated rings. The van der Waals surface area contributed by atoms with Gasteiger partial charge in [0.05, 0.1) is 0 Å². The summed E-state index contributed by atoms with van der Waals surface area (Å²) in [5.74, 6) is 1.69. The number of rotatable bonds is 8. The normalized spacial score (nSPS) is 12.0. The highest BCUT2D eigenvalue weighted by Crippen LogP contribution is 2.13. The lowest BCUT2D eigenvalue weighted by atomic mass is 9.97. The highest BCUT2D eigenvalue weighted by atomic mass is 14.9. The zero-order chi connectivity index (χ0) is 11.0. The first-order valence-electron chi connectivity index (χ1n) is 6.29. The van der Waals surface area contributed by atoms with Gasteiger partial charge in [-0.2, -0.15) is 0 Å². The Bertz CT molecular complexity index is 106. The second-order valence-electron chi connectivity index (χ2n) is 5.20. The Hall–Kier alpha value is -0.0400. The van der Waals surface area contributed by atoms with Crippen LogP contribution in [0.1, 0.15) is 60.3 Å². The van der Waals surface area contributed by atoms with E-state index in [0.717, 1.165) is 24.4 Å². The zero-order valence-corrected chi connectivity index (χ0v) is 10.8. The van der Waals surface area contributed by atoms with Crippen LogP contribution in [0.5, 0.6) is 0 Å². The zero-order valence-electron chi connectivity index (χ0n) is 10.8. The summed E-state index contributed by atoms with van der Waals surface area (Å²) in [7, 11) is 0. The molecule has 0 rings (SSSR count). The molecule has 0 saturated heterocycles. The van der Waals surface area contributed by atoms with Gasteiger partial charge < -0.3 is 5.32 Å². The predicted molar refractivity (Wildman–Crippen MR) is 65.6 cm³/mol. The SMILES string of the molecule is CCNC(CCC(C)C)CCC(C)C. The minimum Gasteiger partial charge on any atom is -0.314 e. The first kappa shape index (κ1) is 14.0. The molecule has 0 saturated carbocycles. The van der Waals surface area contributed by atoms with Gasteiger partial charge in [-0.25, -0.2) is 0 Å². The molecule has 0 spiro atoms. The van der Waals surface area contributed by atoms with Crippen LogP contribution in [0.3, 0.4) is 0 Å². The van der Waals surface area contributed by atoms with E-state index in [1.807, 2.05) is 0 Å². The van der Waals surface area contributed by atoms with Gasteiger partial charge in [-0.05, 0) is 44.1 Å². The van der Waals surface area contributed by atoms with Crippen molar-refractivity contribution in [2.75, 3.05) is 6.54 Å². The van der Waals surface area contributed by atoms with Gasteiger partial charge in [-0.1, -0.05) is 34.6 Å². The highest BCUT2D eigenvalue weighted by Gasteiger charge is 2.08. The summed E-state index contributed by atoms with van der Waals surface area (Å²) in [6.45, 7) is 12.6. The maximum atomic E-state index is 3.59. The van der Waals surface area contributed by atoms with E-state index in [9.17, 15) is 0 Å². The molecule has 0 aromatic carbocycles. The monoisotopic (exact) mass is 199 g/mol. The quantitative estimate of drug-likeness (QED) is 0.626. The topological polar surface area (TPSA) is 12.0 Å². The molecule has 0 aliphatic rings. The van der Waals surface area contributed by atoms with Crippen LogP contribution < -0.4 is 5.32 Å². The number of hydrogen-bond donors (Lipinski definition) is 1. The molecule has 0 aliphatic heterocycles. The van der Waals surface area contributed by atoms with Crippen LogP contribution in [0.4, 0.5) is 0 Å². The van der Waals surface area contributed by atoms with Crippen molar-refractivity contribution in [1.29, 1.82) is 0 Å². The summed E-state index contributed by atoms with van der Waals surface area (Å²) < 4.78 is 0. The molecule has 0 aromatic rings. The molecule has 0 radical (unpaired) electrons. The Morgan fingerprint density at radius 1 is 0.786 bits per heavy atom. The van der Waals surface area contributed by atoms with Gasteiger partial charge in [0, 0.05) is 6.04 Å². The summed E-state index contributed by atoms with van der Waals surface area (Å²) in [4.78, 5) is 0. The van der Waals surface area contributed by atoms with Crippen molar-refractivity contribution in [2.45, 2.75) is 66.3 Å². The van der Waals surface area contributed by atoms with Crippen molar-refractivity contribution in [3.8, 4) is 0 Å². The smallest absolute Gasteiger partial charge is 0.00671 e. The van der Waals surface area contributed by atoms with E-state index in [2.05, 4.69) is 39.9 Å². The van der Waals surface area contributed by atoms with E-state index < -0.39 is 0 Å². The molecule has 0 aromatic heterocycles. The second kappa shape index (κ2) is 8.28. The van der Waals surface area contributed by atoms with Crippen LogP contribution in [-0.2, 0) is 0 Å². The Morgan fingerprint density at radius 2 is 1.21 bits per heavy atom. The molecule has 86 valence electrons. The fraction of sp³-hybridized carbons (Fsp3) is 1.00. The van der Waals surface area contributed by atoms with Gasteiger partial charge in [-0.15, -0.1) is 0 Å². The Kier molecular flexibility index (Phi) is 8.26. The minimum absolute atomic E-state index is 0.754. The van der Waals surface area contributed by atoms with Crippen LogP contribution in [0.25, 0.3) is 0 Å². The van der Waals surface area contributed by atoms with Crippen molar-refractivity contribution in [2.24, 2.45) is 11.8 Å². The number of hydrogen-bond acceptors (Lipinski definition) is 1. The van der Waals surface area contributed by atoms with Crippen molar-refractivity contribution >= 4 is 0 Å². The molecular weight excluding hydrogens is 170 g/mol. The third-order valence-electron chi connectivity index (χ3n) is 2.68.